The molecule has 5 rings (SSSR count). The van der Waals surface area contributed by atoms with Crippen LogP contribution < -0.4 is 20.1 Å². The number of rotatable bonds is 8. The van der Waals surface area contributed by atoms with Gasteiger partial charge in [-0.05, 0) is 67.1 Å². The Morgan fingerprint density at radius 3 is 2.61 bits per heavy atom. The van der Waals surface area contributed by atoms with Crippen LogP contribution in [-0.2, 0) is 9.53 Å². The summed E-state index contributed by atoms with van der Waals surface area (Å²) in [7, 11) is 0. The van der Waals surface area contributed by atoms with Gasteiger partial charge in [0.25, 0.3) is 11.5 Å². The Labute approximate surface area is 220 Å². The first-order chi connectivity index (χ1) is 18.5. The number of esters is 1. The fourth-order valence-electron chi connectivity index (χ4n) is 3.55. The molecule has 0 spiro atoms. The van der Waals surface area contributed by atoms with Crippen molar-refractivity contribution in [3.8, 4) is 17.1 Å². The summed E-state index contributed by atoms with van der Waals surface area (Å²) in [5.74, 6) is 0.155. The lowest BCUT2D eigenvalue weighted by atomic mass is 10.2. The molecule has 10 nitrogen and oxygen atoms in total. The van der Waals surface area contributed by atoms with Gasteiger partial charge >= 0.3 is 5.97 Å². The van der Waals surface area contributed by atoms with Crippen LogP contribution in [0, 0.1) is 0 Å². The van der Waals surface area contributed by atoms with Crippen molar-refractivity contribution in [2.45, 2.75) is 6.92 Å². The van der Waals surface area contributed by atoms with Gasteiger partial charge in [-0.2, -0.15) is 9.50 Å². The third-order valence-corrected chi connectivity index (χ3v) is 6.29. The van der Waals surface area contributed by atoms with E-state index in [-0.39, 0.29) is 24.7 Å². The number of nitrogens with zero attached hydrogens (tertiary/aromatic N) is 4. The van der Waals surface area contributed by atoms with Crippen LogP contribution in [-0.4, -0.2) is 44.7 Å². The van der Waals surface area contributed by atoms with Gasteiger partial charge in [-0.15, -0.1) is 5.10 Å². The Balaban J connectivity index is 1.24. The fraction of sp³-hybridized carbons (Fsp3) is 0.111. The van der Waals surface area contributed by atoms with Crippen molar-refractivity contribution in [1.82, 2.24) is 19.6 Å². The second kappa shape index (κ2) is 11.0. The van der Waals surface area contributed by atoms with Crippen LogP contribution in [0.3, 0.4) is 0 Å². The van der Waals surface area contributed by atoms with E-state index in [1.54, 1.807) is 80.0 Å². The topological polar surface area (TPSA) is 125 Å². The molecule has 2 aromatic carbocycles. The second-order valence-corrected chi connectivity index (χ2v) is 9.00. The average Bonchev–Trinajstić information content (AvgIpc) is 3.48. The Bertz CT molecular complexity index is 1710. The quantitative estimate of drug-likeness (QED) is 0.306. The van der Waals surface area contributed by atoms with Crippen molar-refractivity contribution in [2.24, 2.45) is 0 Å². The van der Waals surface area contributed by atoms with Gasteiger partial charge < -0.3 is 14.8 Å². The monoisotopic (exact) mass is 527 g/mol. The second-order valence-electron chi connectivity index (χ2n) is 7.99. The van der Waals surface area contributed by atoms with Crippen LogP contribution in [0.15, 0.2) is 77.9 Å². The first-order valence-electron chi connectivity index (χ1n) is 11.6. The van der Waals surface area contributed by atoms with Gasteiger partial charge in [-0.1, -0.05) is 23.5 Å². The summed E-state index contributed by atoms with van der Waals surface area (Å²) in [5, 5.41) is 7.05. The largest absolute Gasteiger partial charge is 0.484 e. The molecule has 3 aromatic heterocycles. The number of amides is 1. The fourth-order valence-corrected chi connectivity index (χ4v) is 4.46. The van der Waals surface area contributed by atoms with Crippen LogP contribution >= 0.6 is 11.3 Å². The van der Waals surface area contributed by atoms with E-state index in [9.17, 15) is 14.4 Å². The standard InChI is InChI=1S/C27H21N5O5S/c1-2-36-26(35)19-6-8-20(9-7-19)29-23(33)16-37-21-5-3-4-17(14-21)15-22-25(34)32-27(38-22)30-24(31-32)18-10-12-28-13-11-18/h3-15H,2,16H2,1H3,(H,29,33)/b22-15-. The first-order valence-corrected chi connectivity index (χ1v) is 12.4. The zero-order chi connectivity index (χ0) is 26.5. The predicted octanol–water partition coefficient (Wildman–Crippen LogP) is 2.95. The average molecular weight is 528 g/mol. The molecule has 0 aliphatic heterocycles. The van der Waals surface area contributed by atoms with Crippen LogP contribution in [0.4, 0.5) is 5.69 Å². The zero-order valence-electron chi connectivity index (χ0n) is 20.2. The van der Waals surface area contributed by atoms with E-state index in [0.29, 0.717) is 32.3 Å². The molecule has 0 bridgehead atoms. The minimum absolute atomic E-state index is 0.218. The number of carbonyl (C=O) groups is 2. The maximum atomic E-state index is 12.9. The normalized spacial score (nSPS) is 11.4. The number of carbonyl (C=O) groups excluding carboxylic acids is 2. The van der Waals surface area contributed by atoms with Gasteiger partial charge in [-0.25, -0.2) is 4.79 Å². The maximum absolute atomic E-state index is 12.9. The minimum Gasteiger partial charge on any atom is -0.484 e. The van der Waals surface area contributed by atoms with Gasteiger partial charge in [0, 0.05) is 23.6 Å². The van der Waals surface area contributed by atoms with Crippen LogP contribution in [0.25, 0.3) is 22.4 Å². The number of thiazole rings is 1. The summed E-state index contributed by atoms with van der Waals surface area (Å²) in [4.78, 5) is 45.9. The Morgan fingerprint density at radius 1 is 1.08 bits per heavy atom. The summed E-state index contributed by atoms with van der Waals surface area (Å²) in [6, 6.07) is 17.0. The van der Waals surface area contributed by atoms with Crippen molar-refractivity contribution < 1.29 is 19.1 Å². The molecule has 0 atom stereocenters. The lowest BCUT2D eigenvalue weighted by Gasteiger charge is -2.08. The van der Waals surface area contributed by atoms with E-state index >= 15 is 0 Å². The molecule has 1 N–H and O–H groups in total. The number of ether oxygens (including phenoxy) is 2. The van der Waals surface area contributed by atoms with Gasteiger partial charge in [0.2, 0.25) is 4.96 Å². The SMILES string of the molecule is CCOC(=O)c1ccc(NC(=O)COc2cccc(/C=c3\sc4nc(-c5ccncc5)nn4c3=O)c2)cc1. The molecule has 5 aromatic rings. The highest BCUT2D eigenvalue weighted by Crippen LogP contribution is 2.17. The van der Waals surface area contributed by atoms with Crippen molar-refractivity contribution in [2.75, 3.05) is 18.5 Å². The summed E-state index contributed by atoms with van der Waals surface area (Å²) >= 11 is 1.24. The molecule has 3 heterocycles. The predicted molar refractivity (Wildman–Crippen MR) is 142 cm³/mol. The molecule has 0 saturated carbocycles. The van der Waals surface area contributed by atoms with Crippen molar-refractivity contribution in [3.63, 3.8) is 0 Å². The molecular weight excluding hydrogens is 506 g/mol. The Morgan fingerprint density at radius 2 is 1.87 bits per heavy atom. The number of anilines is 1. The molecule has 11 heteroatoms. The molecule has 0 saturated heterocycles. The number of nitrogens with one attached hydrogen (secondary N) is 1. The lowest BCUT2D eigenvalue weighted by molar-refractivity contribution is -0.118. The van der Waals surface area contributed by atoms with E-state index in [1.165, 1.54) is 15.9 Å². The maximum Gasteiger partial charge on any atom is 0.338 e. The van der Waals surface area contributed by atoms with Crippen LogP contribution in [0.2, 0.25) is 0 Å². The molecule has 1 amide bonds. The summed E-state index contributed by atoms with van der Waals surface area (Å²) in [6.45, 7) is 1.81. The highest BCUT2D eigenvalue weighted by molar-refractivity contribution is 7.15. The van der Waals surface area contributed by atoms with E-state index in [1.807, 2.05) is 6.07 Å². The third kappa shape index (κ3) is 5.57. The minimum atomic E-state index is -0.419. The molecule has 0 aliphatic carbocycles. The molecule has 0 aliphatic rings. The number of hydrogen-bond acceptors (Lipinski definition) is 9. The van der Waals surface area contributed by atoms with E-state index in [2.05, 4.69) is 20.4 Å². The van der Waals surface area contributed by atoms with E-state index in [0.717, 1.165) is 11.1 Å². The number of pyridine rings is 1. The number of aromatic nitrogens is 4. The highest BCUT2D eigenvalue weighted by Gasteiger charge is 2.12. The smallest absolute Gasteiger partial charge is 0.338 e. The number of hydrogen-bond donors (Lipinski definition) is 1. The van der Waals surface area contributed by atoms with Crippen molar-refractivity contribution in [3.05, 3.63) is 99.1 Å². The molecule has 0 unspecified atom stereocenters. The molecule has 0 radical (unpaired) electrons. The van der Waals surface area contributed by atoms with Gasteiger partial charge in [0.1, 0.15) is 5.75 Å². The highest BCUT2D eigenvalue weighted by atomic mass is 32.1. The third-order valence-electron chi connectivity index (χ3n) is 5.33. The van der Waals surface area contributed by atoms with Gasteiger partial charge in [0.05, 0.1) is 16.7 Å². The number of benzene rings is 2. The van der Waals surface area contributed by atoms with E-state index < -0.39 is 5.97 Å². The van der Waals surface area contributed by atoms with Crippen LogP contribution in [0.5, 0.6) is 5.75 Å². The molecule has 190 valence electrons. The lowest BCUT2D eigenvalue weighted by Crippen LogP contribution is -2.23. The Hall–Kier alpha value is -4.90. The van der Waals surface area contributed by atoms with Gasteiger partial charge in [0.15, 0.2) is 12.4 Å². The molecule has 0 fully saturated rings. The van der Waals surface area contributed by atoms with Crippen molar-refractivity contribution >= 4 is 39.9 Å². The van der Waals surface area contributed by atoms with Gasteiger partial charge in [-0.3, -0.25) is 14.6 Å². The van der Waals surface area contributed by atoms with Crippen molar-refractivity contribution in [1.29, 1.82) is 0 Å². The summed E-state index contributed by atoms with van der Waals surface area (Å²) in [6.07, 6.45) is 5.02. The summed E-state index contributed by atoms with van der Waals surface area (Å²) < 4.78 is 12.3. The first kappa shape index (κ1) is 24.8. The zero-order valence-corrected chi connectivity index (χ0v) is 21.0. The van der Waals surface area contributed by atoms with Crippen LogP contribution in [0.1, 0.15) is 22.8 Å². The molecule has 38 heavy (non-hydrogen) atoms. The number of fused-ring (bicyclic) bond motifs is 1. The molecular formula is C27H21N5O5S. The van der Waals surface area contributed by atoms with E-state index in [4.69, 9.17) is 9.47 Å². The Kier molecular flexibility index (Phi) is 7.18. The summed E-state index contributed by atoms with van der Waals surface area (Å²) in [5.41, 5.74) is 2.17.